The number of phenolic OH excluding ortho intramolecular Hbond substituents is 1. The van der Waals surface area contributed by atoms with E-state index >= 15 is 0 Å². The maximum atomic E-state index is 11.2. The molecule has 0 amide bonds. The Balaban J connectivity index is 2.59. The summed E-state index contributed by atoms with van der Waals surface area (Å²) in [5.74, 6) is -0.989. The summed E-state index contributed by atoms with van der Waals surface area (Å²) in [4.78, 5) is 11.2. The van der Waals surface area contributed by atoms with Crippen LogP contribution < -0.4 is 5.73 Å². The number of rotatable bonds is 3. The molecule has 0 bridgehead atoms. The molecule has 1 heterocycles. The average molecular weight is 261 g/mol. The van der Waals surface area contributed by atoms with E-state index in [0.29, 0.717) is 11.4 Å². The Hall–Kier alpha value is -2.50. The van der Waals surface area contributed by atoms with Crippen molar-refractivity contribution in [1.82, 2.24) is 9.78 Å². The SMILES string of the molecule is CC(C)c1cc(C(=O)O)n(-c2ccc(O)c(N)c2)n1. The second kappa shape index (κ2) is 4.64. The first-order valence-corrected chi connectivity index (χ1v) is 5.82. The number of phenols is 1. The minimum Gasteiger partial charge on any atom is -0.506 e. The van der Waals surface area contributed by atoms with E-state index in [2.05, 4.69) is 5.10 Å². The molecule has 2 aromatic rings. The third-order valence-corrected chi connectivity index (χ3v) is 2.79. The summed E-state index contributed by atoms with van der Waals surface area (Å²) in [5, 5.41) is 22.9. The molecule has 2 rings (SSSR count). The summed E-state index contributed by atoms with van der Waals surface area (Å²) in [6, 6.07) is 6.00. The highest BCUT2D eigenvalue weighted by atomic mass is 16.4. The number of benzene rings is 1. The molecule has 1 aromatic carbocycles. The quantitative estimate of drug-likeness (QED) is 0.579. The Morgan fingerprint density at radius 3 is 2.58 bits per heavy atom. The molecular weight excluding hydrogens is 246 g/mol. The number of nitrogen functional groups attached to an aromatic ring is 1. The smallest absolute Gasteiger partial charge is 0.354 e. The van der Waals surface area contributed by atoms with Crippen molar-refractivity contribution < 1.29 is 15.0 Å². The highest BCUT2D eigenvalue weighted by Crippen LogP contribution is 2.24. The molecule has 0 aliphatic rings. The fourth-order valence-electron chi connectivity index (χ4n) is 1.70. The minimum absolute atomic E-state index is 0.0446. The summed E-state index contributed by atoms with van der Waals surface area (Å²) < 4.78 is 1.31. The van der Waals surface area contributed by atoms with Crippen molar-refractivity contribution in [2.24, 2.45) is 0 Å². The molecule has 100 valence electrons. The molecule has 0 unspecified atom stereocenters. The number of aromatic hydroxyl groups is 1. The molecule has 1 aromatic heterocycles. The molecule has 0 spiro atoms. The Morgan fingerprint density at radius 1 is 1.37 bits per heavy atom. The van der Waals surface area contributed by atoms with E-state index in [-0.39, 0.29) is 23.0 Å². The Morgan fingerprint density at radius 2 is 2.05 bits per heavy atom. The maximum Gasteiger partial charge on any atom is 0.354 e. The predicted molar refractivity (Wildman–Crippen MR) is 70.7 cm³/mol. The van der Waals surface area contributed by atoms with Gasteiger partial charge in [-0.15, -0.1) is 0 Å². The third-order valence-electron chi connectivity index (χ3n) is 2.79. The molecule has 0 aliphatic carbocycles. The topological polar surface area (TPSA) is 101 Å². The summed E-state index contributed by atoms with van der Waals surface area (Å²) in [6.45, 7) is 3.87. The maximum absolute atomic E-state index is 11.2. The molecule has 19 heavy (non-hydrogen) atoms. The second-order valence-corrected chi connectivity index (χ2v) is 4.57. The standard InChI is InChI=1S/C13H15N3O3/c1-7(2)10-6-11(13(18)19)16(15-10)8-3-4-12(17)9(14)5-8/h3-7,17H,14H2,1-2H3,(H,18,19). The third kappa shape index (κ3) is 2.37. The minimum atomic E-state index is -1.06. The predicted octanol–water partition coefficient (Wildman–Crippen LogP) is 1.98. The van der Waals surface area contributed by atoms with Crippen molar-refractivity contribution in [2.75, 3.05) is 5.73 Å². The van der Waals surface area contributed by atoms with Crippen LogP contribution in [0.1, 0.15) is 35.9 Å². The first-order chi connectivity index (χ1) is 8.90. The number of hydrogen-bond donors (Lipinski definition) is 3. The van der Waals surface area contributed by atoms with E-state index in [1.165, 1.54) is 22.9 Å². The summed E-state index contributed by atoms with van der Waals surface area (Å²) in [6.07, 6.45) is 0. The Bertz CT molecular complexity index is 632. The highest BCUT2D eigenvalue weighted by molar-refractivity contribution is 5.86. The van der Waals surface area contributed by atoms with Crippen LogP contribution in [0.4, 0.5) is 5.69 Å². The van der Waals surface area contributed by atoms with Crippen LogP contribution in [0, 0.1) is 0 Å². The molecule has 0 atom stereocenters. The van der Waals surface area contributed by atoms with Gasteiger partial charge in [0, 0.05) is 0 Å². The van der Waals surface area contributed by atoms with E-state index in [1.54, 1.807) is 6.07 Å². The van der Waals surface area contributed by atoms with Gasteiger partial charge in [-0.05, 0) is 30.2 Å². The first kappa shape index (κ1) is 12.9. The van der Waals surface area contributed by atoms with Gasteiger partial charge in [0.05, 0.1) is 17.1 Å². The van der Waals surface area contributed by atoms with Crippen LogP contribution in [-0.2, 0) is 0 Å². The summed E-state index contributed by atoms with van der Waals surface area (Å²) in [5.41, 5.74) is 7.04. The Kier molecular flexibility index (Phi) is 3.16. The van der Waals surface area contributed by atoms with Gasteiger partial charge in [0.1, 0.15) is 5.75 Å². The monoisotopic (exact) mass is 261 g/mol. The zero-order valence-electron chi connectivity index (χ0n) is 10.7. The lowest BCUT2D eigenvalue weighted by atomic mass is 10.1. The number of carbonyl (C=O) groups is 1. The molecular formula is C13H15N3O3. The fourth-order valence-corrected chi connectivity index (χ4v) is 1.70. The number of nitrogens with zero attached hydrogens (tertiary/aromatic N) is 2. The van der Waals surface area contributed by atoms with Crippen LogP contribution in [0.3, 0.4) is 0 Å². The van der Waals surface area contributed by atoms with E-state index in [4.69, 9.17) is 5.73 Å². The fraction of sp³-hybridized carbons (Fsp3) is 0.231. The zero-order chi connectivity index (χ0) is 14.2. The number of anilines is 1. The van der Waals surface area contributed by atoms with Crippen molar-refractivity contribution >= 4 is 11.7 Å². The van der Waals surface area contributed by atoms with E-state index < -0.39 is 5.97 Å². The van der Waals surface area contributed by atoms with Gasteiger partial charge in [-0.3, -0.25) is 0 Å². The Labute approximate surface area is 110 Å². The molecule has 0 saturated heterocycles. The number of carboxylic acid groups (broad SMARTS) is 1. The summed E-state index contributed by atoms with van der Waals surface area (Å²) in [7, 11) is 0. The van der Waals surface area contributed by atoms with E-state index in [0.717, 1.165) is 0 Å². The van der Waals surface area contributed by atoms with Crippen molar-refractivity contribution in [3.63, 3.8) is 0 Å². The van der Waals surface area contributed by atoms with Crippen LogP contribution in [-0.4, -0.2) is 26.0 Å². The lowest BCUT2D eigenvalue weighted by Crippen LogP contribution is -2.08. The first-order valence-electron chi connectivity index (χ1n) is 5.82. The largest absolute Gasteiger partial charge is 0.506 e. The van der Waals surface area contributed by atoms with Gasteiger partial charge >= 0.3 is 5.97 Å². The van der Waals surface area contributed by atoms with Crippen LogP contribution >= 0.6 is 0 Å². The number of aromatic nitrogens is 2. The molecule has 6 nitrogen and oxygen atoms in total. The molecule has 4 N–H and O–H groups in total. The van der Waals surface area contributed by atoms with E-state index in [9.17, 15) is 15.0 Å². The van der Waals surface area contributed by atoms with Gasteiger partial charge in [-0.25, -0.2) is 9.48 Å². The second-order valence-electron chi connectivity index (χ2n) is 4.57. The van der Waals surface area contributed by atoms with Crippen LogP contribution in [0.5, 0.6) is 5.75 Å². The molecule has 0 aliphatic heterocycles. The normalized spacial score (nSPS) is 10.9. The van der Waals surface area contributed by atoms with Crippen molar-refractivity contribution in [1.29, 1.82) is 0 Å². The molecule has 0 fully saturated rings. The van der Waals surface area contributed by atoms with Crippen molar-refractivity contribution in [3.05, 3.63) is 35.7 Å². The molecule has 0 radical (unpaired) electrons. The van der Waals surface area contributed by atoms with Crippen molar-refractivity contribution in [2.45, 2.75) is 19.8 Å². The zero-order valence-corrected chi connectivity index (χ0v) is 10.7. The van der Waals surface area contributed by atoms with Gasteiger partial charge in [-0.2, -0.15) is 5.10 Å². The average Bonchev–Trinajstić information content (AvgIpc) is 2.78. The summed E-state index contributed by atoms with van der Waals surface area (Å²) >= 11 is 0. The lowest BCUT2D eigenvalue weighted by molar-refractivity contribution is 0.0687. The molecule has 6 heteroatoms. The number of aromatic carboxylic acids is 1. The van der Waals surface area contributed by atoms with Crippen LogP contribution in [0.25, 0.3) is 5.69 Å². The van der Waals surface area contributed by atoms with Gasteiger partial charge in [-0.1, -0.05) is 13.8 Å². The number of hydrogen-bond acceptors (Lipinski definition) is 4. The lowest BCUT2D eigenvalue weighted by Gasteiger charge is -2.06. The van der Waals surface area contributed by atoms with Crippen LogP contribution in [0.2, 0.25) is 0 Å². The van der Waals surface area contributed by atoms with E-state index in [1.807, 2.05) is 13.8 Å². The number of nitrogens with two attached hydrogens (primary N) is 1. The van der Waals surface area contributed by atoms with Gasteiger partial charge in [0.25, 0.3) is 0 Å². The van der Waals surface area contributed by atoms with Crippen LogP contribution in [0.15, 0.2) is 24.3 Å². The molecule has 0 saturated carbocycles. The number of carboxylic acids is 1. The van der Waals surface area contributed by atoms with Gasteiger partial charge in [0.15, 0.2) is 5.69 Å². The highest BCUT2D eigenvalue weighted by Gasteiger charge is 2.17. The van der Waals surface area contributed by atoms with Gasteiger partial charge < -0.3 is 15.9 Å². The van der Waals surface area contributed by atoms with Gasteiger partial charge in [0.2, 0.25) is 0 Å². The van der Waals surface area contributed by atoms with Crippen molar-refractivity contribution in [3.8, 4) is 11.4 Å².